The Hall–Kier alpha value is -4.17. The van der Waals surface area contributed by atoms with Gasteiger partial charge in [0.1, 0.15) is 0 Å². The Morgan fingerprint density at radius 2 is 1.55 bits per heavy atom. The maximum Gasteiger partial charge on any atom is 0.271 e. The summed E-state index contributed by atoms with van der Waals surface area (Å²) in [6.45, 7) is 8.41. The standard InChI is InChI=1S/C30H32N4O3S/c1-21-15-22(2)17-29(16-21)34-23(3)18-27(24(34)4)19-31-32-30(35)26-13-11-25(12-14-26)20-33(38(5,36)37)28-9-7-6-8-10-28/h6-19H,20H2,1-5H3,(H,32,35). The number of aromatic nitrogens is 1. The molecule has 0 aliphatic carbocycles. The molecular weight excluding hydrogens is 496 g/mol. The van der Waals surface area contributed by atoms with E-state index in [-0.39, 0.29) is 12.5 Å². The molecular formula is C30H32N4O3S. The SMILES string of the molecule is Cc1cc(C)cc(-n2c(C)cc(C=NNC(=O)c3ccc(CN(c4ccccc4)S(C)(=O)=O)cc3)c2C)c1. The minimum Gasteiger partial charge on any atom is -0.318 e. The molecule has 0 aliphatic rings. The summed E-state index contributed by atoms with van der Waals surface area (Å²) in [6, 6.07) is 24.2. The van der Waals surface area contributed by atoms with Crippen molar-refractivity contribution in [2.24, 2.45) is 5.10 Å². The van der Waals surface area contributed by atoms with E-state index in [1.54, 1.807) is 54.7 Å². The number of aryl methyl sites for hydroxylation is 3. The number of hydrogen-bond donors (Lipinski definition) is 1. The largest absolute Gasteiger partial charge is 0.318 e. The smallest absolute Gasteiger partial charge is 0.271 e. The van der Waals surface area contributed by atoms with Gasteiger partial charge in [0.25, 0.3) is 5.91 Å². The molecule has 0 radical (unpaired) electrons. The van der Waals surface area contributed by atoms with Gasteiger partial charge in [0.05, 0.1) is 24.7 Å². The fourth-order valence-corrected chi connectivity index (χ4v) is 5.43. The first-order valence-electron chi connectivity index (χ1n) is 12.3. The fourth-order valence-electron chi connectivity index (χ4n) is 4.54. The van der Waals surface area contributed by atoms with E-state index >= 15 is 0 Å². The first-order chi connectivity index (χ1) is 18.0. The van der Waals surface area contributed by atoms with Gasteiger partial charge in [-0.1, -0.05) is 36.4 Å². The lowest BCUT2D eigenvalue weighted by Gasteiger charge is -2.22. The van der Waals surface area contributed by atoms with E-state index in [9.17, 15) is 13.2 Å². The highest BCUT2D eigenvalue weighted by atomic mass is 32.2. The number of hydrazone groups is 1. The highest BCUT2D eigenvalue weighted by Crippen LogP contribution is 2.22. The number of sulfonamides is 1. The van der Waals surface area contributed by atoms with Gasteiger partial charge < -0.3 is 4.57 Å². The van der Waals surface area contributed by atoms with E-state index in [4.69, 9.17) is 0 Å². The van der Waals surface area contributed by atoms with Gasteiger partial charge in [0, 0.05) is 28.2 Å². The van der Waals surface area contributed by atoms with Crippen LogP contribution in [-0.4, -0.2) is 31.4 Å². The zero-order valence-corrected chi connectivity index (χ0v) is 23.1. The molecule has 0 unspecified atom stereocenters. The number of carbonyl (C=O) groups is 1. The molecule has 7 nitrogen and oxygen atoms in total. The normalized spacial score (nSPS) is 11.6. The van der Waals surface area contributed by atoms with Crippen molar-refractivity contribution in [3.8, 4) is 5.69 Å². The van der Waals surface area contributed by atoms with Crippen molar-refractivity contribution in [1.82, 2.24) is 9.99 Å². The molecule has 1 N–H and O–H groups in total. The number of anilines is 1. The maximum absolute atomic E-state index is 12.7. The molecule has 8 heteroatoms. The van der Waals surface area contributed by atoms with Crippen LogP contribution in [0.4, 0.5) is 5.69 Å². The third-order valence-electron chi connectivity index (χ3n) is 6.29. The molecule has 3 aromatic carbocycles. The summed E-state index contributed by atoms with van der Waals surface area (Å²) in [5.74, 6) is -0.348. The quantitative estimate of drug-likeness (QED) is 0.244. The molecule has 0 spiro atoms. The molecule has 0 saturated heterocycles. The van der Waals surface area contributed by atoms with Crippen molar-refractivity contribution in [2.45, 2.75) is 34.2 Å². The predicted molar refractivity (Wildman–Crippen MR) is 154 cm³/mol. The third kappa shape index (κ3) is 6.20. The predicted octanol–water partition coefficient (Wildman–Crippen LogP) is 5.44. The lowest BCUT2D eigenvalue weighted by atomic mass is 10.1. The summed E-state index contributed by atoms with van der Waals surface area (Å²) in [6.07, 6.45) is 2.83. The Balaban J connectivity index is 1.44. The Kier molecular flexibility index (Phi) is 7.83. The number of amides is 1. The molecule has 0 fully saturated rings. The number of nitrogens with one attached hydrogen (secondary N) is 1. The van der Waals surface area contributed by atoms with Crippen LogP contribution < -0.4 is 9.73 Å². The minimum absolute atomic E-state index is 0.166. The number of para-hydroxylation sites is 1. The van der Waals surface area contributed by atoms with Crippen molar-refractivity contribution in [1.29, 1.82) is 0 Å². The molecule has 1 amide bonds. The van der Waals surface area contributed by atoms with Crippen LogP contribution in [0.2, 0.25) is 0 Å². The molecule has 1 aromatic heterocycles. The Labute approximate surface area is 224 Å². The van der Waals surface area contributed by atoms with Gasteiger partial charge in [0.2, 0.25) is 10.0 Å². The second-order valence-corrected chi connectivity index (χ2v) is 11.4. The Morgan fingerprint density at radius 3 is 2.16 bits per heavy atom. The average molecular weight is 529 g/mol. The van der Waals surface area contributed by atoms with Crippen molar-refractivity contribution in [2.75, 3.05) is 10.6 Å². The monoisotopic (exact) mass is 528 g/mol. The summed E-state index contributed by atoms with van der Waals surface area (Å²) in [7, 11) is -3.47. The van der Waals surface area contributed by atoms with Gasteiger partial charge in [-0.2, -0.15) is 5.10 Å². The topological polar surface area (TPSA) is 83.8 Å². The summed E-state index contributed by atoms with van der Waals surface area (Å²) in [4.78, 5) is 12.7. The molecule has 0 saturated carbocycles. The van der Waals surface area contributed by atoms with Gasteiger partial charge in [-0.3, -0.25) is 9.10 Å². The van der Waals surface area contributed by atoms with E-state index < -0.39 is 10.0 Å². The molecule has 1 heterocycles. The van der Waals surface area contributed by atoms with Crippen LogP contribution in [0.15, 0.2) is 84.0 Å². The second-order valence-electron chi connectivity index (χ2n) is 9.51. The van der Waals surface area contributed by atoms with Crippen LogP contribution in [0.3, 0.4) is 0 Å². The van der Waals surface area contributed by atoms with Gasteiger partial charge >= 0.3 is 0 Å². The minimum atomic E-state index is -3.47. The zero-order valence-electron chi connectivity index (χ0n) is 22.3. The molecule has 4 aromatic rings. The van der Waals surface area contributed by atoms with Crippen molar-refractivity contribution < 1.29 is 13.2 Å². The number of carbonyl (C=O) groups excluding carboxylic acids is 1. The maximum atomic E-state index is 12.7. The molecule has 0 atom stereocenters. The fraction of sp³-hybridized carbons (Fsp3) is 0.200. The van der Waals surface area contributed by atoms with Gasteiger partial charge in [0.15, 0.2) is 0 Å². The van der Waals surface area contributed by atoms with Crippen LogP contribution in [-0.2, 0) is 16.6 Å². The van der Waals surface area contributed by atoms with E-state index in [1.807, 2.05) is 26.0 Å². The summed E-state index contributed by atoms with van der Waals surface area (Å²) in [5.41, 5.74) is 10.9. The van der Waals surface area contributed by atoms with E-state index in [1.165, 1.54) is 21.7 Å². The Bertz CT molecular complexity index is 1570. The first-order valence-corrected chi connectivity index (χ1v) is 14.1. The number of hydrogen-bond acceptors (Lipinski definition) is 4. The Morgan fingerprint density at radius 1 is 0.921 bits per heavy atom. The van der Waals surface area contributed by atoms with E-state index in [0.717, 1.165) is 28.2 Å². The number of nitrogens with zero attached hydrogens (tertiary/aromatic N) is 3. The average Bonchev–Trinajstić information content (AvgIpc) is 3.14. The van der Waals surface area contributed by atoms with Crippen LogP contribution in [0, 0.1) is 27.7 Å². The van der Waals surface area contributed by atoms with Gasteiger partial charge in [-0.25, -0.2) is 13.8 Å². The molecule has 196 valence electrons. The number of benzene rings is 3. The van der Waals surface area contributed by atoms with Crippen molar-refractivity contribution in [3.05, 3.63) is 118 Å². The highest BCUT2D eigenvalue weighted by Gasteiger charge is 2.18. The van der Waals surface area contributed by atoms with Crippen LogP contribution >= 0.6 is 0 Å². The first kappa shape index (κ1) is 26.9. The number of rotatable bonds is 8. The third-order valence-corrected chi connectivity index (χ3v) is 7.43. The summed E-state index contributed by atoms with van der Waals surface area (Å²) in [5, 5.41) is 4.18. The second kappa shape index (κ2) is 11.1. The van der Waals surface area contributed by atoms with Crippen LogP contribution in [0.1, 0.15) is 44.0 Å². The molecule has 38 heavy (non-hydrogen) atoms. The van der Waals surface area contributed by atoms with Crippen molar-refractivity contribution in [3.63, 3.8) is 0 Å². The highest BCUT2D eigenvalue weighted by molar-refractivity contribution is 7.92. The van der Waals surface area contributed by atoms with Gasteiger partial charge in [-0.15, -0.1) is 0 Å². The zero-order chi connectivity index (χ0) is 27.4. The van der Waals surface area contributed by atoms with E-state index in [0.29, 0.717) is 11.3 Å². The summed E-state index contributed by atoms with van der Waals surface area (Å²) >= 11 is 0. The summed E-state index contributed by atoms with van der Waals surface area (Å²) < 4.78 is 28.2. The van der Waals surface area contributed by atoms with Crippen LogP contribution in [0.25, 0.3) is 5.69 Å². The molecule has 0 aliphatic heterocycles. The molecule has 0 bridgehead atoms. The van der Waals surface area contributed by atoms with Crippen LogP contribution in [0.5, 0.6) is 0 Å². The van der Waals surface area contributed by atoms with Gasteiger partial charge in [-0.05, 0) is 86.8 Å². The van der Waals surface area contributed by atoms with E-state index in [2.05, 4.69) is 47.1 Å². The molecule has 4 rings (SSSR count). The lowest BCUT2D eigenvalue weighted by molar-refractivity contribution is 0.0955. The van der Waals surface area contributed by atoms with Crippen molar-refractivity contribution >= 4 is 27.8 Å². The lowest BCUT2D eigenvalue weighted by Crippen LogP contribution is -2.29.